The molecule has 1 aromatic heterocycles. The molecule has 0 bridgehead atoms. The molecule has 0 aliphatic rings. The van der Waals surface area contributed by atoms with Crippen LogP contribution in [0, 0.1) is 0 Å². The SMILES string of the molecule is COc1cccc(NC(=O)[C@H](Cc2ccccc2)NC(=O)c2cccnc2)c1. The molecule has 2 aromatic carbocycles. The predicted octanol–water partition coefficient (Wildman–Crippen LogP) is 3.07. The monoisotopic (exact) mass is 375 g/mol. The molecule has 1 atom stereocenters. The van der Waals surface area contributed by atoms with Gasteiger partial charge in [0.2, 0.25) is 5.91 Å². The summed E-state index contributed by atoms with van der Waals surface area (Å²) >= 11 is 0. The molecule has 0 radical (unpaired) electrons. The summed E-state index contributed by atoms with van der Waals surface area (Å²) in [6.07, 6.45) is 3.42. The number of nitrogens with zero attached hydrogens (tertiary/aromatic N) is 1. The van der Waals surface area contributed by atoms with Crippen molar-refractivity contribution in [2.45, 2.75) is 12.5 Å². The van der Waals surface area contributed by atoms with Gasteiger partial charge >= 0.3 is 0 Å². The molecule has 28 heavy (non-hydrogen) atoms. The number of hydrogen-bond donors (Lipinski definition) is 2. The van der Waals surface area contributed by atoms with Crippen molar-refractivity contribution in [1.82, 2.24) is 10.3 Å². The first-order valence-electron chi connectivity index (χ1n) is 8.85. The summed E-state index contributed by atoms with van der Waals surface area (Å²) in [6.45, 7) is 0. The summed E-state index contributed by atoms with van der Waals surface area (Å²) in [5.74, 6) is -0.0269. The van der Waals surface area contributed by atoms with Crippen molar-refractivity contribution in [1.29, 1.82) is 0 Å². The standard InChI is InChI=1S/C22H21N3O3/c1-28-19-11-5-10-18(14-19)24-22(27)20(13-16-7-3-2-4-8-16)25-21(26)17-9-6-12-23-15-17/h2-12,14-15,20H,13H2,1H3,(H,24,27)(H,25,26)/t20-/m0/s1. The first kappa shape index (κ1) is 19.1. The Hall–Kier alpha value is -3.67. The third kappa shape index (κ3) is 5.17. The van der Waals surface area contributed by atoms with E-state index in [9.17, 15) is 9.59 Å². The van der Waals surface area contributed by atoms with E-state index in [1.165, 1.54) is 6.20 Å². The van der Waals surface area contributed by atoms with Crippen LogP contribution in [0.1, 0.15) is 15.9 Å². The van der Waals surface area contributed by atoms with E-state index >= 15 is 0 Å². The van der Waals surface area contributed by atoms with Crippen LogP contribution in [-0.2, 0) is 11.2 Å². The molecule has 0 saturated carbocycles. The summed E-state index contributed by atoms with van der Waals surface area (Å²) in [7, 11) is 1.56. The topological polar surface area (TPSA) is 80.3 Å². The first-order valence-corrected chi connectivity index (χ1v) is 8.85. The third-order valence-electron chi connectivity index (χ3n) is 4.17. The van der Waals surface area contributed by atoms with Crippen LogP contribution in [0.25, 0.3) is 0 Å². The lowest BCUT2D eigenvalue weighted by molar-refractivity contribution is -0.118. The molecular weight excluding hydrogens is 354 g/mol. The molecule has 0 saturated heterocycles. The molecule has 2 N–H and O–H groups in total. The van der Waals surface area contributed by atoms with Gasteiger partial charge in [0.1, 0.15) is 11.8 Å². The highest BCUT2D eigenvalue weighted by atomic mass is 16.5. The number of benzene rings is 2. The normalized spacial score (nSPS) is 11.3. The van der Waals surface area contributed by atoms with Gasteiger partial charge in [-0.2, -0.15) is 0 Å². The average molecular weight is 375 g/mol. The fraction of sp³-hybridized carbons (Fsp3) is 0.136. The molecule has 6 heteroatoms. The quantitative estimate of drug-likeness (QED) is 0.665. The smallest absolute Gasteiger partial charge is 0.253 e. The van der Waals surface area contributed by atoms with E-state index in [2.05, 4.69) is 15.6 Å². The highest BCUT2D eigenvalue weighted by Gasteiger charge is 2.22. The largest absolute Gasteiger partial charge is 0.497 e. The number of carbonyl (C=O) groups is 2. The van der Waals surface area contributed by atoms with Crippen molar-refractivity contribution in [2.75, 3.05) is 12.4 Å². The van der Waals surface area contributed by atoms with E-state index in [1.807, 2.05) is 30.3 Å². The number of anilines is 1. The molecule has 2 amide bonds. The molecule has 0 spiro atoms. The summed E-state index contributed by atoms with van der Waals surface area (Å²) in [6, 6.07) is 19.2. The van der Waals surface area contributed by atoms with Gasteiger partial charge < -0.3 is 15.4 Å². The Kier molecular flexibility index (Phi) is 6.36. The van der Waals surface area contributed by atoms with Gasteiger partial charge in [0.05, 0.1) is 12.7 Å². The minimum atomic E-state index is -0.749. The number of pyridine rings is 1. The molecule has 1 heterocycles. The summed E-state index contributed by atoms with van der Waals surface area (Å²) in [4.78, 5) is 29.4. The highest BCUT2D eigenvalue weighted by Crippen LogP contribution is 2.17. The zero-order chi connectivity index (χ0) is 19.8. The molecule has 0 aliphatic carbocycles. The zero-order valence-corrected chi connectivity index (χ0v) is 15.5. The number of hydrogen-bond acceptors (Lipinski definition) is 4. The van der Waals surface area contributed by atoms with E-state index in [0.29, 0.717) is 23.4 Å². The zero-order valence-electron chi connectivity index (χ0n) is 15.5. The van der Waals surface area contributed by atoms with Gasteiger partial charge in [-0.25, -0.2) is 0 Å². The Morgan fingerprint density at radius 2 is 1.86 bits per heavy atom. The van der Waals surface area contributed by atoms with Crippen LogP contribution < -0.4 is 15.4 Å². The second kappa shape index (κ2) is 9.32. The Bertz CT molecular complexity index is 930. The molecule has 0 fully saturated rings. The Labute approximate surface area is 163 Å². The molecule has 3 rings (SSSR count). The van der Waals surface area contributed by atoms with Crippen molar-refractivity contribution in [3.63, 3.8) is 0 Å². The van der Waals surface area contributed by atoms with Gasteiger partial charge in [0, 0.05) is 30.6 Å². The number of aromatic nitrogens is 1. The lowest BCUT2D eigenvalue weighted by Crippen LogP contribution is -2.45. The van der Waals surface area contributed by atoms with Crippen molar-refractivity contribution in [2.24, 2.45) is 0 Å². The second-order valence-corrected chi connectivity index (χ2v) is 6.18. The molecule has 0 aliphatic heterocycles. The van der Waals surface area contributed by atoms with E-state index in [0.717, 1.165) is 5.56 Å². The van der Waals surface area contributed by atoms with Gasteiger partial charge in [-0.15, -0.1) is 0 Å². The van der Waals surface area contributed by atoms with Crippen molar-refractivity contribution in [3.8, 4) is 5.75 Å². The maximum atomic E-state index is 12.9. The van der Waals surface area contributed by atoms with Crippen LogP contribution in [-0.4, -0.2) is 29.9 Å². The minimum absolute atomic E-state index is 0.311. The van der Waals surface area contributed by atoms with Crippen LogP contribution in [0.4, 0.5) is 5.69 Å². The van der Waals surface area contributed by atoms with Crippen LogP contribution in [0.15, 0.2) is 79.1 Å². The number of methoxy groups -OCH3 is 1. The fourth-order valence-electron chi connectivity index (χ4n) is 2.73. The van der Waals surface area contributed by atoms with E-state index in [4.69, 9.17) is 4.74 Å². The van der Waals surface area contributed by atoms with Crippen molar-refractivity contribution < 1.29 is 14.3 Å². The second-order valence-electron chi connectivity index (χ2n) is 6.18. The Morgan fingerprint density at radius 3 is 2.57 bits per heavy atom. The number of amides is 2. The molecular formula is C22H21N3O3. The average Bonchev–Trinajstić information content (AvgIpc) is 2.74. The number of ether oxygens (including phenoxy) is 1. The third-order valence-corrected chi connectivity index (χ3v) is 4.17. The van der Waals surface area contributed by atoms with Crippen LogP contribution >= 0.6 is 0 Å². The Morgan fingerprint density at radius 1 is 1.04 bits per heavy atom. The van der Waals surface area contributed by atoms with Gasteiger partial charge in [-0.05, 0) is 29.8 Å². The molecule has 3 aromatic rings. The van der Waals surface area contributed by atoms with E-state index in [-0.39, 0.29) is 11.8 Å². The van der Waals surface area contributed by atoms with Crippen molar-refractivity contribution in [3.05, 3.63) is 90.3 Å². The maximum Gasteiger partial charge on any atom is 0.253 e. The van der Waals surface area contributed by atoms with Crippen LogP contribution in [0.3, 0.4) is 0 Å². The lowest BCUT2D eigenvalue weighted by Gasteiger charge is -2.19. The van der Waals surface area contributed by atoms with Crippen molar-refractivity contribution >= 4 is 17.5 Å². The molecule has 142 valence electrons. The van der Waals surface area contributed by atoms with Gasteiger partial charge in [-0.1, -0.05) is 36.4 Å². The fourth-order valence-corrected chi connectivity index (χ4v) is 2.73. The lowest BCUT2D eigenvalue weighted by atomic mass is 10.0. The number of rotatable bonds is 7. The minimum Gasteiger partial charge on any atom is -0.497 e. The Balaban J connectivity index is 1.78. The van der Waals surface area contributed by atoms with E-state index < -0.39 is 6.04 Å². The van der Waals surface area contributed by atoms with Gasteiger partial charge in [-0.3, -0.25) is 14.6 Å². The number of carbonyl (C=O) groups excluding carboxylic acids is 2. The summed E-state index contributed by atoms with van der Waals surface area (Å²) < 4.78 is 5.19. The van der Waals surface area contributed by atoms with Gasteiger partial charge in [0.15, 0.2) is 0 Å². The van der Waals surface area contributed by atoms with E-state index in [1.54, 1.807) is 49.7 Å². The molecule has 6 nitrogen and oxygen atoms in total. The number of nitrogens with one attached hydrogen (secondary N) is 2. The first-order chi connectivity index (χ1) is 13.7. The predicted molar refractivity (Wildman–Crippen MR) is 107 cm³/mol. The summed E-state index contributed by atoms with van der Waals surface area (Å²) in [5.41, 5.74) is 1.94. The molecule has 0 unspecified atom stereocenters. The highest BCUT2D eigenvalue weighted by molar-refractivity contribution is 6.01. The van der Waals surface area contributed by atoms with Crippen LogP contribution in [0.2, 0.25) is 0 Å². The summed E-state index contributed by atoms with van der Waals surface area (Å²) in [5, 5.41) is 5.65. The van der Waals surface area contributed by atoms with Crippen LogP contribution in [0.5, 0.6) is 5.75 Å². The maximum absolute atomic E-state index is 12.9. The van der Waals surface area contributed by atoms with Gasteiger partial charge in [0.25, 0.3) is 5.91 Å².